The van der Waals surface area contributed by atoms with E-state index in [0.717, 1.165) is 108 Å². The lowest BCUT2D eigenvalue weighted by Gasteiger charge is -2.21. The van der Waals surface area contributed by atoms with Crippen molar-refractivity contribution in [2.45, 2.75) is 356 Å². The molecule has 0 amide bonds. The fourth-order valence-corrected chi connectivity index (χ4v) is 11.7. The molecule has 0 aromatic heterocycles. The van der Waals surface area contributed by atoms with Gasteiger partial charge in [0.05, 0.1) is 26.4 Å². The van der Waals surface area contributed by atoms with Crippen LogP contribution in [0.3, 0.4) is 0 Å². The van der Waals surface area contributed by atoms with Crippen molar-refractivity contribution in [3.63, 3.8) is 0 Å². The molecule has 7 atom stereocenters. The summed E-state index contributed by atoms with van der Waals surface area (Å²) in [6.45, 7) is 11.8. The zero-order valence-electron chi connectivity index (χ0n) is 56.5. The van der Waals surface area contributed by atoms with Gasteiger partial charge in [-0.2, -0.15) is 0 Å². The Morgan fingerprint density at radius 2 is 0.586 bits per heavy atom. The fourth-order valence-electron chi connectivity index (χ4n) is 10.1. The minimum Gasteiger partial charge on any atom is -0.462 e. The standard InChI is InChI=1S/C68H132O17P2/c1-8-11-12-13-14-21-27-35-42-49-65(70)78-56-64(85-68(73)52-45-38-31-30-34-41-48-61(7)10-3)58-83-87(76,77)81-54-62(69)53-80-86(74,75)82-57-63(55-79-66(71)50-43-36-29-24-25-32-39-46-59(4)5)84-67(72)51-44-37-28-23-20-18-16-15-17-19-22-26-33-40-47-60(6)9-2/h59-64,69H,8-58H2,1-7H3,(H,74,75)(H,76,77)/t60?,61?,62-,63-,64-/m1/s1. The molecule has 0 aliphatic rings. The van der Waals surface area contributed by atoms with Gasteiger partial charge in [0, 0.05) is 25.7 Å². The summed E-state index contributed by atoms with van der Waals surface area (Å²) in [4.78, 5) is 72.3. The number of carbonyl (C=O) groups is 4. The zero-order chi connectivity index (χ0) is 64.5. The Morgan fingerprint density at radius 1 is 0.333 bits per heavy atom. The lowest BCUT2D eigenvalue weighted by atomic mass is 9.99. The van der Waals surface area contributed by atoms with Crippen molar-refractivity contribution in [2.75, 3.05) is 39.6 Å². The molecule has 87 heavy (non-hydrogen) atoms. The topological polar surface area (TPSA) is 237 Å². The van der Waals surface area contributed by atoms with Crippen molar-refractivity contribution in [2.24, 2.45) is 17.8 Å². The van der Waals surface area contributed by atoms with Gasteiger partial charge < -0.3 is 33.8 Å². The lowest BCUT2D eigenvalue weighted by Crippen LogP contribution is -2.30. The third-order valence-corrected chi connectivity index (χ3v) is 18.3. The van der Waals surface area contributed by atoms with E-state index in [1.165, 1.54) is 141 Å². The minimum atomic E-state index is -4.95. The van der Waals surface area contributed by atoms with Crippen LogP contribution in [0, 0.1) is 17.8 Å². The molecule has 0 heterocycles. The average molecular weight is 1280 g/mol. The van der Waals surface area contributed by atoms with Gasteiger partial charge in [-0.05, 0) is 43.4 Å². The van der Waals surface area contributed by atoms with E-state index in [-0.39, 0.29) is 25.7 Å². The molecule has 0 rings (SSSR count). The summed E-state index contributed by atoms with van der Waals surface area (Å²) in [5, 5.41) is 10.6. The largest absolute Gasteiger partial charge is 0.472 e. The van der Waals surface area contributed by atoms with Crippen LogP contribution in [0.1, 0.15) is 337 Å². The van der Waals surface area contributed by atoms with Crippen molar-refractivity contribution < 1.29 is 80.2 Å². The molecule has 0 aliphatic carbocycles. The Morgan fingerprint density at radius 3 is 0.874 bits per heavy atom. The zero-order valence-corrected chi connectivity index (χ0v) is 58.3. The number of ether oxygens (including phenoxy) is 4. The molecular weight excluding hydrogens is 1150 g/mol. The second kappa shape index (κ2) is 59.1. The molecule has 3 N–H and O–H groups in total. The van der Waals surface area contributed by atoms with E-state index in [9.17, 15) is 43.2 Å². The Bertz CT molecular complexity index is 1720. The van der Waals surface area contributed by atoms with E-state index in [0.29, 0.717) is 31.6 Å². The first-order valence-electron chi connectivity index (χ1n) is 35.4. The summed E-state index contributed by atoms with van der Waals surface area (Å²) in [5.41, 5.74) is 0. The average Bonchev–Trinajstić information content (AvgIpc) is 3.68. The number of phosphoric acid groups is 2. The third-order valence-electron chi connectivity index (χ3n) is 16.4. The maximum absolute atomic E-state index is 13.0. The molecule has 0 saturated carbocycles. The highest BCUT2D eigenvalue weighted by molar-refractivity contribution is 7.47. The SMILES string of the molecule is CCCCCCCCCCCC(=O)OC[C@H](COP(=O)(O)OC[C@H](O)COP(=O)(O)OC[C@@H](COC(=O)CCCCCCCCCC(C)C)OC(=O)CCCCCCCCCCCCCCCCC(C)CC)OC(=O)CCCCCCCCC(C)CC. The van der Waals surface area contributed by atoms with Crippen LogP contribution in [0.2, 0.25) is 0 Å². The lowest BCUT2D eigenvalue weighted by molar-refractivity contribution is -0.161. The summed E-state index contributed by atoms with van der Waals surface area (Å²) in [7, 11) is -9.89. The summed E-state index contributed by atoms with van der Waals surface area (Å²) >= 11 is 0. The van der Waals surface area contributed by atoms with Gasteiger partial charge in [-0.25, -0.2) is 9.13 Å². The Hall–Kier alpha value is -1.94. The molecule has 0 aromatic rings. The van der Waals surface area contributed by atoms with Crippen LogP contribution in [0.5, 0.6) is 0 Å². The van der Waals surface area contributed by atoms with Gasteiger partial charge in [0.25, 0.3) is 0 Å². The Kier molecular flexibility index (Phi) is 57.8. The van der Waals surface area contributed by atoms with Crippen molar-refractivity contribution in [3.05, 3.63) is 0 Å². The number of hydrogen-bond donors (Lipinski definition) is 3. The van der Waals surface area contributed by atoms with Gasteiger partial charge in [0.2, 0.25) is 0 Å². The van der Waals surface area contributed by atoms with Crippen LogP contribution >= 0.6 is 15.6 Å². The van der Waals surface area contributed by atoms with E-state index in [1.807, 2.05) is 0 Å². The first kappa shape index (κ1) is 85.1. The molecule has 17 nitrogen and oxygen atoms in total. The highest BCUT2D eigenvalue weighted by atomic mass is 31.2. The number of aliphatic hydroxyl groups excluding tert-OH is 1. The fraction of sp³-hybridized carbons (Fsp3) is 0.941. The Balaban J connectivity index is 5.20. The van der Waals surface area contributed by atoms with Crippen molar-refractivity contribution in [1.82, 2.24) is 0 Å². The van der Waals surface area contributed by atoms with Crippen molar-refractivity contribution >= 4 is 39.5 Å². The van der Waals surface area contributed by atoms with Gasteiger partial charge in [-0.1, -0.05) is 286 Å². The first-order chi connectivity index (χ1) is 41.8. The smallest absolute Gasteiger partial charge is 0.462 e. The van der Waals surface area contributed by atoms with Gasteiger partial charge in [-0.15, -0.1) is 0 Å². The molecule has 0 saturated heterocycles. The number of esters is 4. The van der Waals surface area contributed by atoms with Crippen LogP contribution in [0.25, 0.3) is 0 Å². The second-order valence-electron chi connectivity index (χ2n) is 25.5. The van der Waals surface area contributed by atoms with E-state index in [1.54, 1.807) is 0 Å². The van der Waals surface area contributed by atoms with E-state index >= 15 is 0 Å². The highest BCUT2D eigenvalue weighted by Gasteiger charge is 2.30. The predicted molar refractivity (Wildman–Crippen MR) is 349 cm³/mol. The van der Waals surface area contributed by atoms with Crippen LogP contribution in [0.4, 0.5) is 0 Å². The van der Waals surface area contributed by atoms with Crippen molar-refractivity contribution in [3.8, 4) is 0 Å². The maximum Gasteiger partial charge on any atom is 0.472 e. The molecule has 0 radical (unpaired) electrons. The molecule has 19 heteroatoms. The van der Waals surface area contributed by atoms with Crippen LogP contribution in [0.15, 0.2) is 0 Å². The van der Waals surface area contributed by atoms with Crippen LogP contribution in [-0.4, -0.2) is 96.7 Å². The normalized spacial score (nSPS) is 14.9. The predicted octanol–water partition coefficient (Wildman–Crippen LogP) is 19.1. The van der Waals surface area contributed by atoms with Gasteiger partial charge in [0.15, 0.2) is 12.2 Å². The quantitative estimate of drug-likeness (QED) is 0.0222. The molecule has 516 valence electrons. The van der Waals surface area contributed by atoms with Crippen LogP contribution < -0.4 is 0 Å². The van der Waals surface area contributed by atoms with E-state index in [4.69, 9.17) is 37.0 Å². The van der Waals surface area contributed by atoms with Gasteiger partial charge >= 0.3 is 39.5 Å². The second-order valence-corrected chi connectivity index (χ2v) is 28.4. The number of aliphatic hydroxyl groups is 1. The van der Waals surface area contributed by atoms with Gasteiger partial charge in [-0.3, -0.25) is 37.3 Å². The maximum atomic E-state index is 13.0. The molecule has 0 aromatic carbocycles. The molecule has 0 fully saturated rings. The van der Waals surface area contributed by atoms with E-state index in [2.05, 4.69) is 48.5 Å². The number of rotatable bonds is 66. The summed E-state index contributed by atoms with van der Waals surface area (Å²) in [6.07, 6.45) is 41.8. The summed E-state index contributed by atoms with van der Waals surface area (Å²) in [5.74, 6) is 0.137. The summed E-state index contributed by atoms with van der Waals surface area (Å²) < 4.78 is 68.1. The van der Waals surface area contributed by atoms with E-state index < -0.39 is 97.5 Å². The number of carbonyl (C=O) groups excluding carboxylic acids is 4. The third kappa shape index (κ3) is 60.1. The molecule has 4 unspecified atom stereocenters. The minimum absolute atomic E-state index is 0.103. The number of phosphoric ester groups is 2. The summed E-state index contributed by atoms with van der Waals surface area (Å²) in [6, 6.07) is 0. The monoisotopic (exact) mass is 1280 g/mol. The molecular formula is C68H132O17P2. The number of hydrogen-bond acceptors (Lipinski definition) is 15. The Labute approximate surface area is 530 Å². The van der Waals surface area contributed by atoms with Crippen LogP contribution in [-0.2, 0) is 65.4 Å². The number of unbranched alkanes of at least 4 members (excludes halogenated alkanes) is 32. The highest BCUT2D eigenvalue weighted by Crippen LogP contribution is 2.45. The van der Waals surface area contributed by atoms with Gasteiger partial charge in [0.1, 0.15) is 19.3 Å². The first-order valence-corrected chi connectivity index (χ1v) is 38.4. The molecule has 0 aliphatic heterocycles. The molecule has 0 spiro atoms. The van der Waals surface area contributed by atoms with Crippen molar-refractivity contribution in [1.29, 1.82) is 0 Å². The molecule has 0 bridgehead atoms.